The van der Waals surface area contributed by atoms with Crippen LogP contribution in [0.4, 0.5) is 0 Å². The van der Waals surface area contributed by atoms with Gasteiger partial charge in [0.25, 0.3) is 0 Å². The van der Waals surface area contributed by atoms with E-state index < -0.39 is 0 Å². The summed E-state index contributed by atoms with van der Waals surface area (Å²) >= 11 is 5.64. The third-order valence-corrected chi connectivity index (χ3v) is 1.72. The lowest BCUT2D eigenvalue weighted by Gasteiger charge is -1.99. The molecule has 0 aliphatic rings. The number of nitrogens with zero attached hydrogens (tertiary/aromatic N) is 2. The number of aromatic amines is 1. The fraction of sp³-hybridized carbons (Fsp3) is 0.143. The van der Waals surface area contributed by atoms with Gasteiger partial charge in [0.15, 0.2) is 0 Å². The van der Waals surface area contributed by atoms with Crippen LogP contribution in [0, 0.1) is 0 Å². The third-order valence-electron chi connectivity index (χ3n) is 1.55. The number of rotatable bonds is 1. The number of aromatic nitrogens is 3. The van der Waals surface area contributed by atoms with E-state index >= 15 is 0 Å². The fourth-order valence-corrected chi connectivity index (χ4v) is 1.20. The van der Waals surface area contributed by atoms with E-state index in [2.05, 4.69) is 15.0 Å². The van der Waals surface area contributed by atoms with Gasteiger partial charge in [-0.15, -0.1) is 0 Å². The molecule has 1 N–H and O–H groups in total. The maximum atomic E-state index is 5.64. The molecule has 2 rings (SSSR count). The monoisotopic (exact) mass is 183 g/mol. The minimum atomic E-state index is 0.182. The second-order valence-corrected chi connectivity index (χ2v) is 2.58. The summed E-state index contributed by atoms with van der Waals surface area (Å²) in [6, 6.07) is 1.84. The van der Waals surface area contributed by atoms with Gasteiger partial charge in [-0.2, -0.15) is 9.97 Å². The molecule has 0 bridgehead atoms. The van der Waals surface area contributed by atoms with Crippen LogP contribution in [-0.4, -0.2) is 22.1 Å². The SMILES string of the molecule is COc1nc(Cl)nc2[nH]ccc12. The molecule has 0 fully saturated rings. The summed E-state index contributed by atoms with van der Waals surface area (Å²) < 4.78 is 5.01. The summed E-state index contributed by atoms with van der Waals surface area (Å²) in [4.78, 5) is 10.8. The Balaban J connectivity index is 2.80. The predicted octanol–water partition coefficient (Wildman–Crippen LogP) is 1.62. The van der Waals surface area contributed by atoms with Gasteiger partial charge in [-0.3, -0.25) is 0 Å². The second kappa shape index (κ2) is 2.64. The van der Waals surface area contributed by atoms with E-state index in [1.165, 1.54) is 0 Å². The van der Waals surface area contributed by atoms with Crippen molar-refractivity contribution in [1.29, 1.82) is 0 Å². The van der Waals surface area contributed by atoms with Crippen molar-refractivity contribution in [2.45, 2.75) is 0 Å². The van der Waals surface area contributed by atoms with Crippen molar-refractivity contribution < 1.29 is 4.74 Å². The van der Waals surface area contributed by atoms with Gasteiger partial charge in [0, 0.05) is 6.20 Å². The van der Waals surface area contributed by atoms with Crippen LogP contribution in [0.25, 0.3) is 11.0 Å². The lowest BCUT2D eigenvalue weighted by molar-refractivity contribution is 0.403. The van der Waals surface area contributed by atoms with Crippen molar-refractivity contribution in [3.05, 3.63) is 17.5 Å². The average Bonchev–Trinajstić information content (AvgIpc) is 2.50. The first-order chi connectivity index (χ1) is 5.81. The molecular weight excluding hydrogens is 178 g/mol. The molecule has 0 atom stereocenters. The van der Waals surface area contributed by atoms with Crippen LogP contribution in [0.1, 0.15) is 0 Å². The smallest absolute Gasteiger partial charge is 0.227 e. The summed E-state index contributed by atoms with van der Waals surface area (Å²) in [5.74, 6) is 0.492. The molecule has 5 heteroatoms. The maximum absolute atomic E-state index is 5.64. The number of fused-ring (bicyclic) bond motifs is 1. The van der Waals surface area contributed by atoms with Crippen molar-refractivity contribution in [1.82, 2.24) is 15.0 Å². The molecule has 2 aromatic heterocycles. The number of hydrogen-bond donors (Lipinski definition) is 1. The van der Waals surface area contributed by atoms with Gasteiger partial charge in [0.2, 0.25) is 11.2 Å². The Labute approximate surface area is 73.5 Å². The van der Waals surface area contributed by atoms with Crippen molar-refractivity contribution in [2.75, 3.05) is 7.11 Å². The molecule has 2 aromatic rings. The van der Waals surface area contributed by atoms with Gasteiger partial charge in [-0.25, -0.2) is 0 Å². The molecule has 0 radical (unpaired) electrons. The lowest BCUT2D eigenvalue weighted by atomic mass is 10.4. The molecule has 0 saturated heterocycles. The molecule has 0 aromatic carbocycles. The first-order valence-electron chi connectivity index (χ1n) is 3.36. The van der Waals surface area contributed by atoms with E-state index in [1.807, 2.05) is 6.07 Å². The molecule has 0 amide bonds. The maximum Gasteiger partial charge on any atom is 0.227 e. The number of halogens is 1. The second-order valence-electron chi connectivity index (χ2n) is 2.24. The zero-order valence-electron chi connectivity index (χ0n) is 6.34. The summed E-state index contributed by atoms with van der Waals surface area (Å²) in [7, 11) is 1.55. The van der Waals surface area contributed by atoms with Crippen LogP contribution in [0.2, 0.25) is 5.28 Å². The van der Waals surface area contributed by atoms with Gasteiger partial charge < -0.3 is 9.72 Å². The van der Waals surface area contributed by atoms with Crippen LogP contribution in [-0.2, 0) is 0 Å². The first-order valence-corrected chi connectivity index (χ1v) is 3.73. The van der Waals surface area contributed by atoms with Crippen LogP contribution in [0.3, 0.4) is 0 Å². The molecule has 0 aliphatic carbocycles. The van der Waals surface area contributed by atoms with Gasteiger partial charge in [-0.1, -0.05) is 0 Å². The summed E-state index contributed by atoms with van der Waals surface area (Å²) in [5.41, 5.74) is 0.687. The largest absolute Gasteiger partial charge is 0.480 e. The zero-order chi connectivity index (χ0) is 8.55. The zero-order valence-corrected chi connectivity index (χ0v) is 7.09. The van der Waals surface area contributed by atoms with Crippen molar-refractivity contribution in [3.8, 4) is 5.88 Å². The van der Waals surface area contributed by atoms with E-state index in [9.17, 15) is 0 Å². The van der Waals surface area contributed by atoms with E-state index in [-0.39, 0.29) is 5.28 Å². The van der Waals surface area contributed by atoms with Crippen LogP contribution < -0.4 is 4.74 Å². The highest BCUT2D eigenvalue weighted by Gasteiger charge is 2.06. The fourth-order valence-electron chi connectivity index (χ4n) is 1.04. The molecule has 0 aliphatic heterocycles. The molecule has 2 heterocycles. The number of H-pyrrole nitrogens is 1. The summed E-state index contributed by atoms with van der Waals surface area (Å²) in [6.07, 6.45) is 1.76. The minimum absolute atomic E-state index is 0.182. The number of hydrogen-bond acceptors (Lipinski definition) is 3. The van der Waals surface area contributed by atoms with Crippen LogP contribution >= 0.6 is 11.6 Å². The molecule has 62 valence electrons. The topological polar surface area (TPSA) is 50.8 Å². The number of ether oxygens (including phenoxy) is 1. The van der Waals surface area contributed by atoms with Gasteiger partial charge in [-0.05, 0) is 17.7 Å². The lowest BCUT2D eigenvalue weighted by Crippen LogP contribution is -1.91. The number of methoxy groups -OCH3 is 1. The van der Waals surface area contributed by atoms with Gasteiger partial charge in [0.05, 0.1) is 12.5 Å². The Hall–Kier alpha value is -1.29. The van der Waals surface area contributed by atoms with E-state index in [1.54, 1.807) is 13.3 Å². The summed E-state index contributed by atoms with van der Waals surface area (Å²) in [5, 5.41) is 1.02. The Morgan fingerprint density at radius 1 is 1.50 bits per heavy atom. The number of nitrogens with one attached hydrogen (secondary N) is 1. The molecule has 0 spiro atoms. The predicted molar refractivity (Wildman–Crippen MR) is 45.5 cm³/mol. The Morgan fingerprint density at radius 3 is 3.08 bits per heavy atom. The average molecular weight is 184 g/mol. The minimum Gasteiger partial charge on any atom is -0.480 e. The highest BCUT2D eigenvalue weighted by atomic mass is 35.5. The van der Waals surface area contributed by atoms with Crippen molar-refractivity contribution in [3.63, 3.8) is 0 Å². The summed E-state index contributed by atoms with van der Waals surface area (Å²) in [6.45, 7) is 0. The molecule has 0 saturated carbocycles. The molecule has 0 unspecified atom stereocenters. The first kappa shape index (κ1) is 7.36. The van der Waals surface area contributed by atoms with E-state index in [0.717, 1.165) is 5.39 Å². The molecular formula is C7H6ClN3O. The Bertz CT molecular complexity index is 412. The molecule has 12 heavy (non-hydrogen) atoms. The molecule has 4 nitrogen and oxygen atoms in total. The van der Waals surface area contributed by atoms with Gasteiger partial charge >= 0.3 is 0 Å². The highest BCUT2D eigenvalue weighted by molar-refractivity contribution is 6.28. The van der Waals surface area contributed by atoms with Crippen LogP contribution in [0.5, 0.6) is 5.88 Å². The highest BCUT2D eigenvalue weighted by Crippen LogP contribution is 2.22. The third kappa shape index (κ3) is 1.00. The van der Waals surface area contributed by atoms with E-state index in [0.29, 0.717) is 11.5 Å². The quantitative estimate of drug-likeness (QED) is 0.684. The van der Waals surface area contributed by atoms with Gasteiger partial charge in [0.1, 0.15) is 5.65 Å². The van der Waals surface area contributed by atoms with E-state index in [4.69, 9.17) is 16.3 Å². The van der Waals surface area contributed by atoms with Crippen LogP contribution in [0.15, 0.2) is 12.3 Å². The van der Waals surface area contributed by atoms with Crippen molar-refractivity contribution in [2.24, 2.45) is 0 Å². The standard InChI is InChI=1S/C7H6ClN3O/c1-12-6-4-2-3-9-5(4)10-7(8)11-6/h2-3H,1H3,(H,9,10,11). The Morgan fingerprint density at radius 2 is 2.33 bits per heavy atom. The van der Waals surface area contributed by atoms with Crippen molar-refractivity contribution >= 4 is 22.6 Å². The Kier molecular flexibility index (Phi) is 1.62. The normalized spacial score (nSPS) is 10.5.